The second-order valence-electron chi connectivity index (χ2n) is 5.96. The number of benzene rings is 2. The molecule has 0 aliphatic carbocycles. The SMILES string of the molecule is COC(=O)CCN(Cc1ccc(C)cc1)C(=O)/C=C/c1ccc(Cl)cc1. The Bertz CT molecular complexity index is 767. The van der Waals surface area contributed by atoms with E-state index in [1.807, 2.05) is 43.3 Å². The number of hydrogen-bond acceptors (Lipinski definition) is 3. The molecular weight excluding hydrogens is 350 g/mol. The molecule has 0 atom stereocenters. The molecule has 0 saturated heterocycles. The molecule has 0 unspecified atom stereocenters. The van der Waals surface area contributed by atoms with Gasteiger partial charge in [-0.1, -0.05) is 53.6 Å². The summed E-state index contributed by atoms with van der Waals surface area (Å²) >= 11 is 5.87. The molecule has 136 valence electrons. The van der Waals surface area contributed by atoms with Gasteiger partial charge in [-0.25, -0.2) is 0 Å². The summed E-state index contributed by atoms with van der Waals surface area (Å²) in [5.41, 5.74) is 3.04. The molecule has 0 aromatic heterocycles. The molecule has 0 bridgehead atoms. The number of carbonyl (C=O) groups is 2. The maximum absolute atomic E-state index is 12.6. The Morgan fingerprint density at radius 1 is 1.08 bits per heavy atom. The van der Waals surface area contributed by atoms with E-state index in [1.54, 1.807) is 23.1 Å². The first-order chi connectivity index (χ1) is 12.5. The Morgan fingerprint density at radius 3 is 2.35 bits per heavy atom. The van der Waals surface area contributed by atoms with Crippen molar-refractivity contribution in [2.75, 3.05) is 13.7 Å². The Kier molecular flexibility index (Phi) is 7.42. The molecule has 2 aromatic carbocycles. The van der Waals surface area contributed by atoms with E-state index in [9.17, 15) is 9.59 Å². The van der Waals surface area contributed by atoms with Crippen molar-refractivity contribution >= 4 is 29.6 Å². The van der Waals surface area contributed by atoms with E-state index in [0.29, 0.717) is 18.1 Å². The van der Waals surface area contributed by atoms with Crippen LogP contribution in [0.2, 0.25) is 5.02 Å². The van der Waals surface area contributed by atoms with E-state index in [1.165, 1.54) is 13.2 Å². The van der Waals surface area contributed by atoms with E-state index in [4.69, 9.17) is 11.6 Å². The average molecular weight is 372 g/mol. The lowest BCUT2D eigenvalue weighted by atomic mass is 10.1. The highest BCUT2D eigenvalue weighted by Gasteiger charge is 2.13. The molecule has 0 aliphatic heterocycles. The second-order valence-corrected chi connectivity index (χ2v) is 6.39. The van der Waals surface area contributed by atoms with Gasteiger partial charge in [-0.05, 0) is 36.3 Å². The number of rotatable bonds is 7. The molecule has 1 amide bonds. The van der Waals surface area contributed by atoms with Crippen LogP contribution in [0, 0.1) is 6.92 Å². The first-order valence-corrected chi connectivity index (χ1v) is 8.70. The zero-order chi connectivity index (χ0) is 18.9. The van der Waals surface area contributed by atoms with Crippen LogP contribution in [-0.4, -0.2) is 30.4 Å². The zero-order valence-corrected chi connectivity index (χ0v) is 15.7. The van der Waals surface area contributed by atoms with Crippen molar-refractivity contribution in [3.05, 3.63) is 76.3 Å². The zero-order valence-electron chi connectivity index (χ0n) is 14.9. The van der Waals surface area contributed by atoms with E-state index < -0.39 is 0 Å². The van der Waals surface area contributed by atoms with Gasteiger partial charge < -0.3 is 9.64 Å². The van der Waals surface area contributed by atoms with Crippen molar-refractivity contribution in [1.82, 2.24) is 4.90 Å². The molecular formula is C21H22ClNO3. The van der Waals surface area contributed by atoms with Crippen LogP contribution in [0.3, 0.4) is 0 Å². The minimum absolute atomic E-state index is 0.156. The molecule has 0 fully saturated rings. The summed E-state index contributed by atoms with van der Waals surface area (Å²) in [4.78, 5) is 25.7. The van der Waals surface area contributed by atoms with Crippen LogP contribution in [0.5, 0.6) is 0 Å². The van der Waals surface area contributed by atoms with Crippen LogP contribution < -0.4 is 0 Å². The first kappa shape index (κ1) is 19.7. The van der Waals surface area contributed by atoms with Crippen LogP contribution in [0.15, 0.2) is 54.6 Å². The smallest absolute Gasteiger partial charge is 0.307 e. The molecule has 5 heteroatoms. The Hall–Kier alpha value is -2.59. The third-order valence-electron chi connectivity index (χ3n) is 3.91. The Labute approximate surface area is 159 Å². The average Bonchev–Trinajstić information content (AvgIpc) is 2.65. The molecule has 0 radical (unpaired) electrons. The van der Waals surface area contributed by atoms with Gasteiger partial charge in [0.25, 0.3) is 0 Å². The maximum atomic E-state index is 12.6. The lowest BCUT2D eigenvalue weighted by Gasteiger charge is -2.21. The summed E-state index contributed by atoms with van der Waals surface area (Å²) in [6.45, 7) is 2.74. The van der Waals surface area contributed by atoms with Crippen LogP contribution in [0.4, 0.5) is 0 Å². The number of aryl methyl sites for hydroxylation is 1. The standard InChI is InChI=1S/C21H22ClNO3/c1-16-3-5-18(6-4-16)15-23(14-13-21(25)26-2)20(24)12-9-17-7-10-19(22)11-8-17/h3-12H,13-15H2,1-2H3/b12-9+. The summed E-state index contributed by atoms with van der Waals surface area (Å²) in [6, 6.07) is 15.2. The molecule has 0 heterocycles. The van der Waals surface area contributed by atoms with Gasteiger partial charge in [0.05, 0.1) is 13.5 Å². The summed E-state index contributed by atoms with van der Waals surface area (Å²) in [7, 11) is 1.34. The third kappa shape index (κ3) is 6.37. The van der Waals surface area contributed by atoms with Crippen molar-refractivity contribution in [2.24, 2.45) is 0 Å². The minimum atomic E-state index is -0.339. The van der Waals surface area contributed by atoms with E-state index in [2.05, 4.69) is 4.74 Å². The number of hydrogen-bond donors (Lipinski definition) is 0. The van der Waals surface area contributed by atoms with Gasteiger partial charge in [-0.2, -0.15) is 0 Å². The van der Waals surface area contributed by atoms with Gasteiger partial charge in [0, 0.05) is 24.2 Å². The van der Waals surface area contributed by atoms with Crippen LogP contribution in [0.25, 0.3) is 6.08 Å². The fourth-order valence-electron chi connectivity index (χ4n) is 2.36. The molecule has 2 rings (SSSR count). The molecule has 0 saturated carbocycles. The number of carbonyl (C=O) groups excluding carboxylic acids is 2. The third-order valence-corrected chi connectivity index (χ3v) is 4.16. The lowest BCUT2D eigenvalue weighted by Crippen LogP contribution is -2.31. The quantitative estimate of drug-likeness (QED) is 0.540. The molecule has 26 heavy (non-hydrogen) atoms. The highest BCUT2D eigenvalue weighted by Crippen LogP contribution is 2.12. The first-order valence-electron chi connectivity index (χ1n) is 8.33. The monoisotopic (exact) mass is 371 g/mol. The fourth-order valence-corrected chi connectivity index (χ4v) is 2.48. The molecule has 0 aliphatic rings. The van der Waals surface area contributed by atoms with Gasteiger partial charge in [0.2, 0.25) is 5.91 Å². The molecule has 2 aromatic rings. The van der Waals surface area contributed by atoms with E-state index in [0.717, 1.165) is 16.7 Å². The minimum Gasteiger partial charge on any atom is -0.469 e. The number of methoxy groups -OCH3 is 1. The fraction of sp³-hybridized carbons (Fsp3) is 0.238. The van der Waals surface area contributed by atoms with Gasteiger partial charge in [-0.3, -0.25) is 9.59 Å². The van der Waals surface area contributed by atoms with Crippen LogP contribution in [0.1, 0.15) is 23.1 Å². The highest BCUT2D eigenvalue weighted by molar-refractivity contribution is 6.30. The predicted molar refractivity (Wildman–Crippen MR) is 104 cm³/mol. The number of ether oxygens (including phenoxy) is 1. The van der Waals surface area contributed by atoms with E-state index >= 15 is 0 Å². The molecule has 0 N–H and O–H groups in total. The van der Waals surface area contributed by atoms with Crippen LogP contribution >= 0.6 is 11.6 Å². The normalized spacial score (nSPS) is 10.7. The number of amides is 1. The van der Waals surface area contributed by atoms with Crippen molar-refractivity contribution in [3.8, 4) is 0 Å². The number of nitrogens with zero attached hydrogens (tertiary/aromatic N) is 1. The van der Waals surface area contributed by atoms with Crippen molar-refractivity contribution in [1.29, 1.82) is 0 Å². The number of esters is 1. The van der Waals surface area contributed by atoms with Crippen molar-refractivity contribution in [2.45, 2.75) is 19.9 Å². The van der Waals surface area contributed by atoms with E-state index in [-0.39, 0.29) is 18.3 Å². The van der Waals surface area contributed by atoms with Gasteiger partial charge >= 0.3 is 5.97 Å². The van der Waals surface area contributed by atoms with Crippen molar-refractivity contribution in [3.63, 3.8) is 0 Å². The lowest BCUT2D eigenvalue weighted by molar-refractivity contribution is -0.141. The largest absolute Gasteiger partial charge is 0.469 e. The molecule has 4 nitrogen and oxygen atoms in total. The summed E-state index contributed by atoms with van der Waals surface area (Å²) < 4.78 is 4.68. The predicted octanol–water partition coefficient (Wildman–Crippen LogP) is 4.25. The summed E-state index contributed by atoms with van der Waals surface area (Å²) in [5.74, 6) is -0.502. The maximum Gasteiger partial charge on any atom is 0.307 e. The van der Waals surface area contributed by atoms with Gasteiger partial charge in [0.1, 0.15) is 0 Å². The highest BCUT2D eigenvalue weighted by atomic mass is 35.5. The Balaban J connectivity index is 2.09. The second kappa shape index (κ2) is 9.78. The summed E-state index contributed by atoms with van der Waals surface area (Å²) in [5, 5.41) is 0.646. The molecule has 0 spiro atoms. The number of halogens is 1. The van der Waals surface area contributed by atoms with Gasteiger partial charge in [0.15, 0.2) is 0 Å². The topological polar surface area (TPSA) is 46.6 Å². The van der Waals surface area contributed by atoms with Gasteiger partial charge in [-0.15, -0.1) is 0 Å². The Morgan fingerprint density at radius 2 is 1.73 bits per heavy atom. The van der Waals surface area contributed by atoms with Crippen molar-refractivity contribution < 1.29 is 14.3 Å². The van der Waals surface area contributed by atoms with Crippen LogP contribution in [-0.2, 0) is 20.9 Å². The summed E-state index contributed by atoms with van der Waals surface area (Å²) in [6.07, 6.45) is 3.40.